The van der Waals surface area contributed by atoms with Crippen LogP contribution in [0.25, 0.3) is 0 Å². The Hall–Kier alpha value is -1.65. The van der Waals surface area contributed by atoms with E-state index in [9.17, 15) is 21.6 Å². The first kappa shape index (κ1) is 20.7. The quantitative estimate of drug-likeness (QED) is 0.749. The summed E-state index contributed by atoms with van der Waals surface area (Å²) in [5.74, 6) is -0.724. The van der Waals surface area contributed by atoms with E-state index in [2.05, 4.69) is 10.0 Å². The number of carbonyl (C=O) groups is 1. The van der Waals surface area contributed by atoms with Crippen molar-refractivity contribution in [2.24, 2.45) is 0 Å². The minimum Gasteiger partial charge on any atom is -0.450 e. The summed E-state index contributed by atoms with van der Waals surface area (Å²) in [4.78, 5) is 11.7. The molecule has 1 fully saturated rings. The second kappa shape index (κ2) is 7.53. The van der Waals surface area contributed by atoms with Crippen molar-refractivity contribution >= 4 is 26.0 Å². The molecule has 146 valence electrons. The number of ether oxygens (including phenoxy) is 1. The van der Waals surface area contributed by atoms with Crippen molar-refractivity contribution < 1.29 is 26.4 Å². The Labute approximate surface area is 154 Å². The van der Waals surface area contributed by atoms with Gasteiger partial charge >= 0.3 is 6.09 Å². The van der Waals surface area contributed by atoms with Crippen LogP contribution in [0.5, 0.6) is 0 Å². The first-order valence-corrected chi connectivity index (χ1v) is 11.5. The summed E-state index contributed by atoms with van der Waals surface area (Å²) in [6, 6.07) is 1.48. The highest BCUT2D eigenvalue weighted by Crippen LogP contribution is 2.22. The summed E-state index contributed by atoms with van der Waals surface area (Å²) in [6.07, 6.45) is -0.777. The Bertz CT molecular complexity index is 909. The number of aryl methyl sites for hydroxylation is 3. The molecule has 26 heavy (non-hydrogen) atoms. The average molecular weight is 405 g/mol. The molecule has 0 bridgehead atoms. The number of nitrogens with one attached hydrogen (secondary N) is 2. The zero-order valence-corrected chi connectivity index (χ0v) is 16.8. The van der Waals surface area contributed by atoms with Gasteiger partial charge in [0, 0.05) is 0 Å². The smallest absolute Gasteiger partial charge is 0.407 e. The number of benzene rings is 1. The van der Waals surface area contributed by atoms with E-state index in [1.54, 1.807) is 32.9 Å². The van der Waals surface area contributed by atoms with Crippen LogP contribution in [0.1, 0.15) is 23.6 Å². The monoisotopic (exact) mass is 404 g/mol. The molecule has 1 heterocycles. The maximum Gasteiger partial charge on any atom is 0.407 e. The van der Waals surface area contributed by atoms with Gasteiger partial charge in [-0.05, 0) is 50.5 Å². The Morgan fingerprint density at radius 3 is 2.31 bits per heavy atom. The van der Waals surface area contributed by atoms with Gasteiger partial charge in [0.15, 0.2) is 9.84 Å². The van der Waals surface area contributed by atoms with Crippen molar-refractivity contribution in [2.45, 2.75) is 44.7 Å². The van der Waals surface area contributed by atoms with E-state index in [4.69, 9.17) is 4.74 Å². The van der Waals surface area contributed by atoms with Crippen molar-refractivity contribution in [1.29, 1.82) is 0 Å². The van der Waals surface area contributed by atoms with Crippen LogP contribution in [0.2, 0.25) is 0 Å². The van der Waals surface area contributed by atoms with E-state index in [-0.39, 0.29) is 23.0 Å². The van der Waals surface area contributed by atoms with Gasteiger partial charge in [-0.1, -0.05) is 6.07 Å². The Morgan fingerprint density at radius 2 is 1.69 bits per heavy atom. The standard InChI is InChI=1S/C16H24N2O6S2/c1-5-24-16(19)17-13-8-25(20,21)9-14(13)18-26(22,23)15-7-11(3)10(2)6-12(15)4/h6-7,13-14,18H,5,8-9H2,1-4H3,(H,17,19)/t13-,14+/m0/s1. The molecule has 2 atom stereocenters. The van der Waals surface area contributed by atoms with Gasteiger partial charge in [-0.15, -0.1) is 0 Å². The van der Waals surface area contributed by atoms with Crippen LogP contribution in [0.15, 0.2) is 17.0 Å². The number of alkyl carbamates (subject to hydrolysis) is 1. The number of rotatable bonds is 5. The zero-order chi connectivity index (χ0) is 19.7. The van der Waals surface area contributed by atoms with Crippen LogP contribution in [-0.2, 0) is 24.6 Å². The largest absolute Gasteiger partial charge is 0.450 e. The van der Waals surface area contributed by atoms with Gasteiger partial charge < -0.3 is 10.1 Å². The molecule has 0 radical (unpaired) electrons. The molecule has 1 saturated heterocycles. The van der Waals surface area contributed by atoms with E-state index in [1.807, 2.05) is 6.92 Å². The summed E-state index contributed by atoms with van der Waals surface area (Å²) in [5, 5.41) is 2.43. The van der Waals surface area contributed by atoms with Crippen LogP contribution < -0.4 is 10.0 Å². The molecule has 0 unspecified atom stereocenters. The lowest BCUT2D eigenvalue weighted by Crippen LogP contribution is -2.51. The van der Waals surface area contributed by atoms with E-state index in [0.717, 1.165) is 11.1 Å². The molecule has 0 aliphatic carbocycles. The number of carbonyl (C=O) groups excluding carboxylic acids is 1. The van der Waals surface area contributed by atoms with Crippen molar-refractivity contribution in [2.75, 3.05) is 18.1 Å². The lowest BCUT2D eigenvalue weighted by molar-refractivity contribution is 0.148. The first-order chi connectivity index (χ1) is 11.9. The topological polar surface area (TPSA) is 119 Å². The third-order valence-corrected chi connectivity index (χ3v) is 7.68. The second-order valence-electron chi connectivity index (χ2n) is 6.48. The second-order valence-corrected chi connectivity index (χ2v) is 10.3. The molecule has 2 N–H and O–H groups in total. The molecule has 1 aromatic rings. The van der Waals surface area contributed by atoms with Crippen molar-refractivity contribution in [1.82, 2.24) is 10.0 Å². The molecule has 0 aromatic heterocycles. The van der Waals surface area contributed by atoms with Gasteiger partial charge in [-0.3, -0.25) is 0 Å². The zero-order valence-electron chi connectivity index (χ0n) is 15.2. The first-order valence-electron chi connectivity index (χ1n) is 8.19. The van der Waals surface area contributed by atoms with E-state index in [0.29, 0.717) is 5.56 Å². The lowest BCUT2D eigenvalue weighted by atomic mass is 10.1. The van der Waals surface area contributed by atoms with Crippen molar-refractivity contribution in [3.05, 3.63) is 28.8 Å². The SMILES string of the molecule is CCOC(=O)N[C@H]1CS(=O)(=O)C[C@H]1NS(=O)(=O)c1cc(C)c(C)cc1C. The molecular formula is C16H24N2O6S2. The van der Waals surface area contributed by atoms with E-state index < -0.39 is 38.0 Å². The fourth-order valence-corrected chi connectivity index (χ4v) is 6.47. The van der Waals surface area contributed by atoms with Crippen LogP contribution in [0.4, 0.5) is 4.79 Å². The summed E-state index contributed by atoms with van der Waals surface area (Å²) in [7, 11) is -7.43. The highest BCUT2D eigenvalue weighted by atomic mass is 32.2. The van der Waals surface area contributed by atoms with Crippen molar-refractivity contribution in [3.8, 4) is 0 Å². The lowest BCUT2D eigenvalue weighted by Gasteiger charge is -2.21. The molecule has 1 amide bonds. The summed E-state index contributed by atoms with van der Waals surface area (Å²) in [6.45, 7) is 7.12. The Morgan fingerprint density at radius 1 is 1.12 bits per heavy atom. The van der Waals surface area contributed by atoms with Crippen LogP contribution >= 0.6 is 0 Å². The fraction of sp³-hybridized carbons (Fsp3) is 0.562. The Kier molecular flexibility index (Phi) is 5.99. The van der Waals surface area contributed by atoms with Crippen LogP contribution in [-0.4, -0.2) is 53.1 Å². The molecule has 8 nitrogen and oxygen atoms in total. The molecule has 0 saturated carbocycles. The predicted molar refractivity (Wildman–Crippen MR) is 97.4 cm³/mol. The molecule has 1 aromatic carbocycles. The number of sulfone groups is 1. The molecular weight excluding hydrogens is 380 g/mol. The maximum atomic E-state index is 12.8. The minimum absolute atomic E-state index is 0.0970. The highest BCUT2D eigenvalue weighted by Gasteiger charge is 2.41. The third kappa shape index (κ3) is 4.74. The van der Waals surface area contributed by atoms with Gasteiger partial charge in [0.05, 0.1) is 35.1 Å². The highest BCUT2D eigenvalue weighted by molar-refractivity contribution is 7.92. The number of hydrogen-bond acceptors (Lipinski definition) is 6. The average Bonchev–Trinajstić information content (AvgIpc) is 2.75. The normalized spacial score (nSPS) is 22.2. The third-order valence-electron chi connectivity index (χ3n) is 4.32. The number of sulfonamides is 1. The van der Waals surface area contributed by atoms with Gasteiger partial charge in [0.1, 0.15) is 0 Å². The predicted octanol–water partition coefficient (Wildman–Crippen LogP) is 0.802. The molecule has 2 rings (SSSR count). The fourth-order valence-electron chi connectivity index (χ4n) is 2.92. The molecule has 0 spiro atoms. The van der Waals surface area contributed by atoms with Gasteiger partial charge in [0.25, 0.3) is 0 Å². The van der Waals surface area contributed by atoms with Crippen LogP contribution in [0.3, 0.4) is 0 Å². The van der Waals surface area contributed by atoms with E-state index in [1.165, 1.54) is 0 Å². The van der Waals surface area contributed by atoms with E-state index >= 15 is 0 Å². The summed E-state index contributed by atoms with van der Waals surface area (Å²) < 4.78 is 56.7. The summed E-state index contributed by atoms with van der Waals surface area (Å²) >= 11 is 0. The van der Waals surface area contributed by atoms with Crippen molar-refractivity contribution in [3.63, 3.8) is 0 Å². The number of amides is 1. The molecule has 1 aliphatic rings. The van der Waals surface area contributed by atoms with Gasteiger partial charge in [-0.25, -0.2) is 26.4 Å². The van der Waals surface area contributed by atoms with Gasteiger partial charge in [0.2, 0.25) is 10.0 Å². The molecule has 1 aliphatic heterocycles. The molecule has 10 heteroatoms. The number of hydrogen-bond donors (Lipinski definition) is 2. The van der Waals surface area contributed by atoms with Gasteiger partial charge in [-0.2, -0.15) is 0 Å². The summed E-state index contributed by atoms with van der Waals surface area (Å²) in [5.41, 5.74) is 2.35. The minimum atomic E-state index is -3.95. The Balaban J connectivity index is 2.28. The maximum absolute atomic E-state index is 12.8. The van der Waals surface area contributed by atoms with Crippen LogP contribution in [0, 0.1) is 20.8 Å².